The molecule has 0 spiro atoms. The van der Waals surface area contributed by atoms with Crippen molar-refractivity contribution >= 4 is 35.1 Å². The van der Waals surface area contributed by atoms with Crippen molar-refractivity contribution in [1.82, 2.24) is 24.8 Å². The molecule has 1 unspecified atom stereocenters. The molecule has 5 rings (SSSR count). The summed E-state index contributed by atoms with van der Waals surface area (Å²) in [5, 5.41) is 5.35. The van der Waals surface area contributed by atoms with E-state index in [2.05, 4.69) is 25.6 Å². The van der Waals surface area contributed by atoms with E-state index in [-0.39, 0.29) is 18.2 Å². The predicted octanol–water partition coefficient (Wildman–Crippen LogP) is 2.64. The van der Waals surface area contributed by atoms with Gasteiger partial charge in [-0.1, -0.05) is 36.4 Å². The first-order valence-corrected chi connectivity index (χ1v) is 12.1. The third-order valence-corrected chi connectivity index (χ3v) is 6.18. The third kappa shape index (κ3) is 5.31. The van der Waals surface area contributed by atoms with Crippen molar-refractivity contribution in [3.63, 3.8) is 0 Å². The molecule has 1 aromatic carbocycles. The molecule has 5 atom stereocenters. The summed E-state index contributed by atoms with van der Waals surface area (Å²) in [7, 11) is 1.35. The first-order chi connectivity index (χ1) is 18.1. The fraction of sp³-hybridized carbons (Fsp3) is 0.400. The number of benzene rings is 1. The van der Waals surface area contributed by atoms with Crippen LogP contribution < -0.4 is 10.6 Å². The smallest absolute Gasteiger partial charge is 0.320 e. The number of nitrogens with zero attached hydrogens (tertiary/aromatic N) is 4. The van der Waals surface area contributed by atoms with Gasteiger partial charge >= 0.3 is 12.0 Å². The van der Waals surface area contributed by atoms with Crippen LogP contribution in [0.1, 0.15) is 31.6 Å². The molecule has 2 fully saturated rings. The van der Waals surface area contributed by atoms with Gasteiger partial charge in [0, 0.05) is 13.0 Å². The van der Waals surface area contributed by atoms with E-state index < -0.39 is 36.9 Å². The molecule has 2 amide bonds. The van der Waals surface area contributed by atoms with Crippen molar-refractivity contribution in [1.29, 1.82) is 0 Å². The number of anilines is 1. The molecule has 2 aromatic heterocycles. The number of carbonyl (C=O) groups is 2. The summed E-state index contributed by atoms with van der Waals surface area (Å²) in [6.45, 7) is 2.29. The first kappa shape index (κ1) is 24.8. The molecule has 2 saturated heterocycles. The maximum atomic E-state index is 12.0. The van der Waals surface area contributed by atoms with Crippen LogP contribution in [0.5, 0.6) is 0 Å². The molecular formula is C25H28N6O6. The van der Waals surface area contributed by atoms with Gasteiger partial charge in [-0.05, 0) is 25.0 Å². The predicted molar refractivity (Wildman–Crippen MR) is 132 cm³/mol. The summed E-state index contributed by atoms with van der Waals surface area (Å²) in [4.78, 5) is 36.8. The number of urea groups is 1. The molecule has 37 heavy (non-hydrogen) atoms. The van der Waals surface area contributed by atoms with E-state index in [0.29, 0.717) is 24.1 Å². The van der Waals surface area contributed by atoms with Crippen molar-refractivity contribution in [3.8, 4) is 0 Å². The molecule has 2 aliphatic heterocycles. The van der Waals surface area contributed by atoms with Crippen molar-refractivity contribution in [2.45, 2.75) is 50.6 Å². The highest BCUT2D eigenvalue weighted by Gasteiger charge is 2.53. The molecule has 12 heteroatoms. The second-order valence-electron chi connectivity index (χ2n) is 8.55. The Morgan fingerprint density at radius 1 is 1.11 bits per heavy atom. The van der Waals surface area contributed by atoms with Crippen LogP contribution in [0.15, 0.2) is 49.1 Å². The van der Waals surface area contributed by atoms with Crippen LogP contribution in [0.2, 0.25) is 0 Å². The van der Waals surface area contributed by atoms with Gasteiger partial charge < -0.3 is 24.3 Å². The highest BCUT2D eigenvalue weighted by Crippen LogP contribution is 2.42. The summed E-state index contributed by atoms with van der Waals surface area (Å²) >= 11 is 0. The number of methoxy groups -OCH3 is 1. The maximum Gasteiger partial charge on any atom is 0.320 e. The average molecular weight is 509 g/mol. The number of ether oxygens (including phenoxy) is 4. The van der Waals surface area contributed by atoms with Crippen LogP contribution in [-0.2, 0) is 23.7 Å². The van der Waals surface area contributed by atoms with Crippen LogP contribution >= 0.6 is 0 Å². The van der Waals surface area contributed by atoms with E-state index in [0.717, 1.165) is 5.56 Å². The number of imidazole rings is 1. The minimum absolute atomic E-state index is 0.179. The minimum Gasteiger partial charge on any atom is -0.469 e. The van der Waals surface area contributed by atoms with E-state index in [1.165, 1.54) is 13.4 Å². The number of esters is 1. The molecule has 12 nitrogen and oxygen atoms in total. The third-order valence-electron chi connectivity index (χ3n) is 6.18. The topological polar surface area (TPSA) is 139 Å². The van der Waals surface area contributed by atoms with Crippen molar-refractivity contribution < 1.29 is 28.5 Å². The molecule has 0 radical (unpaired) electrons. The summed E-state index contributed by atoms with van der Waals surface area (Å²) in [5.74, 6) is -0.0521. The second-order valence-corrected chi connectivity index (χ2v) is 8.55. The Kier molecular flexibility index (Phi) is 7.40. The van der Waals surface area contributed by atoms with Crippen LogP contribution in [0.4, 0.5) is 10.6 Å². The molecule has 0 aliphatic carbocycles. The van der Waals surface area contributed by atoms with Gasteiger partial charge in [-0.15, -0.1) is 0 Å². The standard InChI is InChI=1S/C25H28N6O6/c1-3-26-25(33)30-22-19-23(28-13-27-22)31(14-29-19)24-21-20(16(35-24)10-11-17(32)34-2)36-18(37-21)12-9-15-7-5-4-6-8-15/h4-9,12-14,16,18,20-21,24H,3,10-11H2,1-2H3,(H2,26,27,28,30,33)/t16-,18+,20?,21+,24-/m1/s1. The number of hydrogen-bond acceptors (Lipinski definition) is 9. The highest BCUT2D eigenvalue weighted by molar-refractivity contribution is 5.95. The van der Waals surface area contributed by atoms with E-state index in [1.54, 1.807) is 10.9 Å². The van der Waals surface area contributed by atoms with Gasteiger partial charge in [0.25, 0.3) is 0 Å². The number of nitrogens with one attached hydrogen (secondary N) is 2. The van der Waals surface area contributed by atoms with Crippen LogP contribution in [0.25, 0.3) is 17.2 Å². The number of hydrogen-bond donors (Lipinski definition) is 2. The zero-order chi connectivity index (χ0) is 25.8. The van der Waals surface area contributed by atoms with Gasteiger partial charge in [0.05, 0.1) is 19.5 Å². The van der Waals surface area contributed by atoms with Gasteiger partial charge in [0.15, 0.2) is 29.5 Å². The van der Waals surface area contributed by atoms with Gasteiger partial charge in [0.1, 0.15) is 18.5 Å². The quantitative estimate of drug-likeness (QED) is 0.440. The van der Waals surface area contributed by atoms with Crippen molar-refractivity contribution in [2.24, 2.45) is 0 Å². The van der Waals surface area contributed by atoms with E-state index in [9.17, 15) is 9.59 Å². The fourth-order valence-corrected chi connectivity index (χ4v) is 4.46. The summed E-state index contributed by atoms with van der Waals surface area (Å²) in [6, 6.07) is 9.45. The Hall–Kier alpha value is -3.87. The Morgan fingerprint density at radius 3 is 2.70 bits per heavy atom. The molecule has 2 aliphatic rings. The molecule has 0 bridgehead atoms. The zero-order valence-corrected chi connectivity index (χ0v) is 20.4. The summed E-state index contributed by atoms with van der Waals surface area (Å²) < 4.78 is 25.3. The normalized spacial score (nSPS) is 24.9. The Labute approximate surface area is 213 Å². The summed E-state index contributed by atoms with van der Waals surface area (Å²) in [6.07, 6.45) is 4.73. The summed E-state index contributed by atoms with van der Waals surface area (Å²) in [5.41, 5.74) is 1.89. The number of rotatable bonds is 8. The lowest BCUT2D eigenvalue weighted by molar-refractivity contribution is -0.144. The Morgan fingerprint density at radius 2 is 1.92 bits per heavy atom. The lowest BCUT2D eigenvalue weighted by Gasteiger charge is -2.20. The van der Waals surface area contributed by atoms with Gasteiger partial charge in [-0.2, -0.15) is 0 Å². The van der Waals surface area contributed by atoms with Crippen LogP contribution in [0.3, 0.4) is 0 Å². The van der Waals surface area contributed by atoms with E-state index >= 15 is 0 Å². The van der Waals surface area contributed by atoms with Crippen molar-refractivity contribution in [3.05, 3.63) is 54.6 Å². The number of fused-ring (bicyclic) bond motifs is 2. The monoisotopic (exact) mass is 508 g/mol. The molecule has 2 N–H and O–H groups in total. The van der Waals surface area contributed by atoms with Crippen LogP contribution in [0, 0.1) is 0 Å². The van der Waals surface area contributed by atoms with Crippen LogP contribution in [-0.4, -0.2) is 69.8 Å². The second kappa shape index (κ2) is 11.0. The first-order valence-electron chi connectivity index (χ1n) is 12.1. The molecule has 4 heterocycles. The lowest BCUT2D eigenvalue weighted by atomic mass is 10.1. The molecule has 0 saturated carbocycles. The molecular weight excluding hydrogens is 480 g/mol. The zero-order valence-electron chi connectivity index (χ0n) is 20.4. The Balaban J connectivity index is 1.40. The maximum absolute atomic E-state index is 12.0. The highest BCUT2D eigenvalue weighted by atomic mass is 16.8. The molecule has 3 aromatic rings. The Bertz CT molecular complexity index is 1280. The van der Waals surface area contributed by atoms with Gasteiger partial charge in [-0.25, -0.2) is 19.7 Å². The number of amides is 2. The number of carbonyl (C=O) groups excluding carboxylic acids is 2. The largest absolute Gasteiger partial charge is 0.469 e. The van der Waals surface area contributed by atoms with E-state index in [4.69, 9.17) is 18.9 Å². The number of aromatic nitrogens is 4. The van der Waals surface area contributed by atoms with Gasteiger partial charge in [-0.3, -0.25) is 14.7 Å². The average Bonchev–Trinajstić information content (AvgIpc) is 3.61. The van der Waals surface area contributed by atoms with E-state index in [1.807, 2.05) is 49.4 Å². The van der Waals surface area contributed by atoms with Crippen molar-refractivity contribution in [2.75, 3.05) is 19.0 Å². The fourth-order valence-electron chi connectivity index (χ4n) is 4.46. The lowest BCUT2D eigenvalue weighted by Crippen LogP contribution is -2.29. The van der Waals surface area contributed by atoms with Gasteiger partial charge in [0.2, 0.25) is 0 Å². The SMILES string of the molecule is CCNC(=O)Nc1ncnc2c1ncn2[C@@H]1O[C@H](CCC(=O)OC)C2O[C@H](C=Cc3ccccc3)O[C@@H]21. The molecule has 194 valence electrons. The minimum atomic E-state index is -0.625.